The van der Waals surface area contributed by atoms with Crippen molar-refractivity contribution in [2.24, 2.45) is 11.5 Å². The number of Topliss-reactive ketones (excluding diaryl/α,β-unsaturated/α-hetero) is 4. The van der Waals surface area contributed by atoms with Gasteiger partial charge >= 0.3 is 0 Å². The molecule has 13 aromatic carbocycles. The van der Waals surface area contributed by atoms with Crippen LogP contribution in [0.1, 0.15) is 114 Å². The van der Waals surface area contributed by atoms with E-state index < -0.39 is 0 Å². The van der Waals surface area contributed by atoms with E-state index in [2.05, 4.69) is 38.4 Å². The molecule has 8 N–H and O–H groups in total. The van der Waals surface area contributed by atoms with Crippen molar-refractivity contribution in [3.8, 4) is 5.75 Å². The van der Waals surface area contributed by atoms with Crippen LogP contribution >= 0.6 is 0 Å². The van der Waals surface area contributed by atoms with Gasteiger partial charge in [0.05, 0.1) is 78.9 Å². The average molecular weight is 1630 g/mol. The van der Waals surface area contributed by atoms with Crippen molar-refractivity contribution in [1.29, 1.82) is 0 Å². The monoisotopic (exact) mass is 1630 g/mol. The highest BCUT2D eigenvalue weighted by molar-refractivity contribution is 6.27. The summed E-state index contributed by atoms with van der Waals surface area (Å²) in [5.41, 5.74) is 25.6. The van der Waals surface area contributed by atoms with Crippen molar-refractivity contribution in [3.63, 3.8) is 0 Å². The van der Waals surface area contributed by atoms with E-state index in [4.69, 9.17) is 46.1 Å². The molecule has 19 rings (SSSR count). The smallest absolute Gasteiger partial charge is 0.195 e. The third kappa shape index (κ3) is 19.0. The SMILES string of the molecule is C[N+](C)(CCN)CC1=Cc2cccc3cccc(c23)C1=O.C[N+](C)(CCO)CC1=Cc2cccc3cccc(c23)C1=O.NCCCOC1=CC(=O)c2cccc3cccc1c23.O=C1C(CO)=Cc2cccc3cccc1c23.O=C1C(COc2ccc(CO)cc2)=Cc2cccc3cccc1c23.O=C1C=C(OCCCO)c2cccc3cccc1c23.[Cl-]. The summed E-state index contributed by atoms with van der Waals surface area (Å²) in [7, 11) is 8.29. The molecule has 0 aliphatic heterocycles. The fourth-order valence-corrected chi connectivity index (χ4v) is 16.2. The van der Waals surface area contributed by atoms with Gasteiger partial charge in [-0.05, 0) is 110 Å². The lowest BCUT2D eigenvalue weighted by Gasteiger charge is -2.31. The van der Waals surface area contributed by atoms with Crippen LogP contribution in [0.3, 0.4) is 0 Å². The number of likely N-dealkylation sites (N-methyl/N-ethyl adjacent to an activating group) is 2. The first-order chi connectivity index (χ1) is 58.2. The molecule has 0 fully saturated rings. The number of nitrogens with two attached hydrogens (primary N) is 2. The van der Waals surface area contributed by atoms with Gasteiger partial charge in [-0.1, -0.05) is 231 Å². The first-order valence-electron chi connectivity index (χ1n) is 40.3. The van der Waals surface area contributed by atoms with Crippen LogP contribution in [0.15, 0.2) is 277 Å². The zero-order chi connectivity index (χ0) is 84.2. The number of quaternary nitrogens is 2. The van der Waals surface area contributed by atoms with Crippen LogP contribution in [0.5, 0.6) is 5.75 Å². The zero-order valence-electron chi connectivity index (χ0n) is 68.1. The Hall–Kier alpha value is -12.8. The van der Waals surface area contributed by atoms with Gasteiger partial charge in [-0.3, -0.25) is 28.8 Å². The van der Waals surface area contributed by atoms with Crippen molar-refractivity contribution in [2.75, 3.05) is 107 Å². The topological polar surface area (TPSA) is 263 Å². The number of carbonyl (C=O) groups is 6. The predicted molar refractivity (Wildman–Crippen MR) is 480 cm³/mol. The molecule has 0 atom stereocenters. The summed E-state index contributed by atoms with van der Waals surface area (Å²) in [5.74, 6) is 2.14. The Bertz CT molecular complexity index is 6130. The zero-order valence-corrected chi connectivity index (χ0v) is 68.8. The van der Waals surface area contributed by atoms with Crippen LogP contribution in [0, 0.1) is 0 Å². The molecule has 0 unspecified atom stereocenters. The number of nitrogens with zero attached hydrogens (tertiary/aromatic N) is 2. The number of carbonyl (C=O) groups excluding carboxylic acids is 6. The summed E-state index contributed by atoms with van der Waals surface area (Å²) >= 11 is 0. The molecule has 121 heavy (non-hydrogen) atoms. The van der Waals surface area contributed by atoms with E-state index in [1.54, 1.807) is 24.3 Å². The molecule has 0 spiro atoms. The molecule has 13 aromatic rings. The Balaban J connectivity index is 0.000000126. The molecular weight excluding hydrogens is 1540 g/mol. The van der Waals surface area contributed by atoms with Crippen molar-refractivity contribution < 1.29 is 84.8 Å². The highest BCUT2D eigenvalue weighted by Crippen LogP contribution is 2.39. The number of allylic oxidation sites excluding steroid dienone is 2. The number of halogens is 1. The van der Waals surface area contributed by atoms with Crippen LogP contribution in [0.25, 0.3) is 100 Å². The Labute approximate surface area is 708 Å². The summed E-state index contributed by atoms with van der Waals surface area (Å²) < 4.78 is 18.4. The van der Waals surface area contributed by atoms with E-state index in [1.165, 1.54) is 6.08 Å². The third-order valence-electron chi connectivity index (χ3n) is 22.1. The van der Waals surface area contributed by atoms with Crippen LogP contribution in [0.2, 0.25) is 0 Å². The van der Waals surface area contributed by atoms with Crippen LogP contribution in [-0.2, 0) is 16.1 Å². The number of ether oxygens (including phenoxy) is 3. The van der Waals surface area contributed by atoms with Crippen LogP contribution < -0.4 is 28.6 Å². The highest BCUT2D eigenvalue weighted by atomic mass is 35.5. The molecule has 0 saturated carbocycles. The first-order valence-corrected chi connectivity index (χ1v) is 40.3. The first kappa shape index (κ1) is 86.1. The fourth-order valence-electron chi connectivity index (χ4n) is 16.2. The molecule has 0 saturated heterocycles. The normalized spacial score (nSPS) is 13.7. The maximum atomic E-state index is 12.8. The van der Waals surface area contributed by atoms with E-state index in [9.17, 15) is 28.8 Å². The Morgan fingerprint density at radius 1 is 0.306 bits per heavy atom. The van der Waals surface area contributed by atoms with Crippen molar-refractivity contribution in [1.82, 2.24) is 0 Å². The average Bonchev–Trinajstić information content (AvgIpc) is 0.795. The summed E-state index contributed by atoms with van der Waals surface area (Å²) in [6.07, 6.45) is 12.2. The number of rotatable bonds is 21. The standard InChI is InChI=1S/C21H16O3.C18H21N2O.C18H20NO2.C16H15NO2.C16H14O3.C14H10O2.ClH/c22-12-14-7-9-18(10-8-14)24-13-17-11-16-5-1-3-15-4-2-6-19(20(15)16)21(17)23;1-20(2,10-9-19)12-15-11-14-7-3-5-13-6-4-8-16(17(13)14)18(15)21;1-19(2,9-10-20)12-15-11-14-7-3-5-13-6-4-8-16(17(13)14)18(15)21;2*17-8-3-9-19-15-10-14(18)12-6-1-4-11-5-2-7-13(15)16(11)12;15-8-11-7-10-5-1-3-9-4-2-6-12(13(9)10)14(11)16;/h1-11,22H,12-13H2;3-8,11H,9-10,12,19H2,1-2H3;3-8,11,20H,9-10,12H2,1-2H3;1-2,4-7,10H,3,8-9,17H2;1-2,4-7,10,17H,3,8-9H2;1-7,15H,8H2;1H/q;2*+1;;;;/p-1. The van der Waals surface area contributed by atoms with Crippen molar-refractivity contribution in [2.45, 2.75) is 19.4 Å². The maximum absolute atomic E-state index is 12.8. The molecule has 6 aliphatic rings. The summed E-state index contributed by atoms with van der Waals surface area (Å²) in [5, 5.41) is 48.7. The number of ketones is 6. The lowest BCUT2D eigenvalue weighted by molar-refractivity contribution is -0.885. The predicted octanol–water partition coefficient (Wildman–Crippen LogP) is 13.9. The van der Waals surface area contributed by atoms with Gasteiger partial charge in [0, 0.05) is 120 Å². The molecule has 17 nitrogen and oxygen atoms in total. The van der Waals surface area contributed by atoms with Gasteiger partial charge in [0.1, 0.15) is 43.5 Å². The number of aliphatic hydroxyl groups excluding tert-OH is 4. The molecule has 6 aliphatic carbocycles. The fraction of sp³-hybridized carbons (Fsp3) is 0.184. The minimum atomic E-state index is -0.205. The minimum Gasteiger partial charge on any atom is -1.00 e. The van der Waals surface area contributed by atoms with Gasteiger partial charge in [-0.25, -0.2) is 0 Å². The highest BCUT2D eigenvalue weighted by Gasteiger charge is 2.31. The van der Waals surface area contributed by atoms with Gasteiger partial charge in [0.2, 0.25) is 0 Å². The second kappa shape index (κ2) is 38.5. The largest absolute Gasteiger partial charge is 1.00 e. The summed E-state index contributed by atoms with van der Waals surface area (Å²) in [4.78, 5) is 74.5. The lowest BCUT2D eigenvalue weighted by Crippen LogP contribution is -3.00. The van der Waals surface area contributed by atoms with Gasteiger partial charge in [-0.2, -0.15) is 0 Å². The molecule has 0 radical (unpaired) electrons. The molecule has 0 amide bonds. The Kier molecular flexibility index (Phi) is 27.4. The number of hydrogen-bond donors (Lipinski definition) is 6. The van der Waals surface area contributed by atoms with E-state index in [0.29, 0.717) is 90.8 Å². The van der Waals surface area contributed by atoms with Gasteiger partial charge < -0.3 is 67.5 Å². The van der Waals surface area contributed by atoms with Crippen molar-refractivity contribution >= 4 is 135 Å². The Morgan fingerprint density at radius 3 is 0.983 bits per heavy atom. The van der Waals surface area contributed by atoms with E-state index in [0.717, 1.165) is 160 Å². The van der Waals surface area contributed by atoms with Crippen molar-refractivity contribution in [3.05, 3.63) is 349 Å². The minimum absolute atomic E-state index is 0. The molecule has 612 valence electrons. The van der Waals surface area contributed by atoms with Crippen LogP contribution in [-0.4, -0.2) is 171 Å². The second-order valence-corrected chi connectivity index (χ2v) is 31.5. The quantitative estimate of drug-likeness (QED) is 0.0289. The maximum Gasteiger partial charge on any atom is 0.195 e. The third-order valence-corrected chi connectivity index (χ3v) is 22.1. The van der Waals surface area contributed by atoms with E-state index in [-0.39, 0.29) is 80.1 Å². The molecule has 0 aromatic heterocycles. The van der Waals surface area contributed by atoms with E-state index in [1.807, 2.05) is 239 Å². The number of aliphatic hydroxyl groups is 4. The van der Waals surface area contributed by atoms with Gasteiger partial charge in [0.15, 0.2) is 34.7 Å². The Morgan fingerprint density at radius 2 is 0.628 bits per heavy atom. The van der Waals surface area contributed by atoms with Gasteiger partial charge in [-0.15, -0.1) is 0 Å². The van der Waals surface area contributed by atoms with Gasteiger partial charge in [0.25, 0.3) is 0 Å². The summed E-state index contributed by atoms with van der Waals surface area (Å²) in [6.45, 7) is 5.22. The summed E-state index contributed by atoms with van der Waals surface area (Å²) in [6, 6.07) is 78.2. The molecule has 0 bridgehead atoms. The molecule has 0 heterocycles. The molecular formula is C103H96ClN4O13+. The molecule has 18 heteroatoms. The second-order valence-electron chi connectivity index (χ2n) is 31.5. The van der Waals surface area contributed by atoms with E-state index >= 15 is 0 Å². The lowest BCUT2D eigenvalue weighted by atomic mass is 9.87. The number of benzene rings is 13. The van der Waals surface area contributed by atoms with Crippen LogP contribution in [0.4, 0.5) is 0 Å². The number of hydrogen-bond acceptors (Lipinski definition) is 15.